The molecule has 0 aliphatic heterocycles. The molecule has 0 N–H and O–H groups in total. The van der Waals surface area contributed by atoms with Crippen LogP contribution in [0.3, 0.4) is 0 Å². The molecule has 92 valence electrons. The summed E-state index contributed by atoms with van der Waals surface area (Å²) in [7, 11) is 0. The van der Waals surface area contributed by atoms with Crippen molar-refractivity contribution in [3.63, 3.8) is 0 Å². The Labute approximate surface area is 101 Å². The third-order valence-corrected chi connectivity index (χ3v) is 4.51. The minimum atomic E-state index is 0.585. The summed E-state index contributed by atoms with van der Waals surface area (Å²) in [6.45, 7) is 2.33. The van der Waals surface area contributed by atoms with Crippen LogP contribution in [0.2, 0.25) is 0 Å². The Kier molecular flexibility index (Phi) is 4.87. The summed E-state index contributed by atoms with van der Waals surface area (Å²) in [5.74, 6) is 1.69. The van der Waals surface area contributed by atoms with Crippen molar-refractivity contribution in [1.82, 2.24) is 0 Å². The number of hydrogen-bond acceptors (Lipinski definition) is 1. The lowest BCUT2D eigenvalue weighted by atomic mass is 9.84. The van der Waals surface area contributed by atoms with E-state index in [1.54, 1.807) is 0 Å². The van der Waals surface area contributed by atoms with Crippen molar-refractivity contribution in [3.05, 3.63) is 0 Å². The fourth-order valence-corrected chi connectivity index (χ4v) is 3.28. The topological polar surface area (TPSA) is 12.4 Å². The van der Waals surface area contributed by atoms with Crippen molar-refractivity contribution >= 4 is 6.21 Å². The molecule has 1 heteroatoms. The highest BCUT2D eigenvalue weighted by atomic mass is 14.8. The highest BCUT2D eigenvalue weighted by molar-refractivity contribution is 5.61. The van der Waals surface area contributed by atoms with Crippen molar-refractivity contribution in [3.8, 4) is 0 Å². The number of hydrogen-bond donors (Lipinski definition) is 0. The number of nitrogens with zero attached hydrogens (tertiary/aromatic N) is 1. The molecule has 1 nitrogen and oxygen atoms in total. The van der Waals surface area contributed by atoms with Gasteiger partial charge in [0.1, 0.15) is 0 Å². The van der Waals surface area contributed by atoms with E-state index in [0.29, 0.717) is 6.04 Å². The summed E-state index contributed by atoms with van der Waals surface area (Å²) in [5.41, 5.74) is 0. The van der Waals surface area contributed by atoms with Crippen LogP contribution in [0.4, 0.5) is 0 Å². The smallest absolute Gasteiger partial charge is 0.0495 e. The summed E-state index contributed by atoms with van der Waals surface area (Å²) in [6, 6.07) is 0.585. The monoisotopic (exact) mass is 221 g/mol. The summed E-state index contributed by atoms with van der Waals surface area (Å²) in [6.07, 6.45) is 16.6. The first-order valence-electron chi connectivity index (χ1n) is 7.39. The van der Waals surface area contributed by atoms with Crippen LogP contribution in [0.25, 0.3) is 0 Å². The van der Waals surface area contributed by atoms with E-state index in [-0.39, 0.29) is 0 Å². The van der Waals surface area contributed by atoms with Crippen LogP contribution in [0, 0.1) is 11.8 Å². The Balaban J connectivity index is 1.75. The predicted molar refractivity (Wildman–Crippen MR) is 71.1 cm³/mol. The quantitative estimate of drug-likeness (QED) is 0.617. The summed E-state index contributed by atoms with van der Waals surface area (Å²) in [5, 5.41) is 0. The van der Waals surface area contributed by atoms with Gasteiger partial charge in [-0.05, 0) is 44.4 Å². The first-order valence-corrected chi connectivity index (χ1v) is 7.39. The van der Waals surface area contributed by atoms with Gasteiger partial charge in [0, 0.05) is 12.3 Å². The second kappa shape index (κ2) is 6.42. The molecule has 2 aliphatic rings. The lowest BCUT2D eigenvalue weighted by molar-refractivity contribution is 0.317. The molecule has 0 saturated heterocycles. The molecule has 2 rings (SSSR count). The van der Waals surface area contributed by atoms with Gasteiger partial charge in [0.25, 0.3) is 0 Å². The molecule has 2 aliphatic carbocycles. The van der Waals surface area contributed by atoms with Crippen LogP contribution in [-0.2, 0) is 0 Å². The van der Waals surface area contributed by atoms with Gasteiger partial charge in [0.15, 0.2) is 0 Å². The van der Waals surface area contributed by atoms with Crippen LogP contribution in [0.1, 0.15) is 71.1 Å². The molecule has 0 aromatic heterocycles. The van der Waals surface area contributed by atoms with Crippen molar-refractivity contribution < 1.29 is 0 Å². The number of aliphatic imine (C=N–C) groups is 1. The second-order valence-electron chi connectivity index (χ2n) is 5.83. The average molecular weight is 221 g/mol. The van der Waals surface area contributed by atoms with E-state index < -0.39 is 0 Å². The van der Waals surface area contributed by atoms with Crippen molar-refractivity contribution in [1.29, 1.82) is 0 Å². The molecule has 1 unspecified atom stereocenters. The van der Waals surface area contributed by atoms with Gasteiger partial charge >= 0.3 is 0 Å². The second-order valence-corrected chi connectivity index (χ2v) is 5.83. The third kappa shape index (κ3) is 3.61. The standard InChI is InChI=1S/C15H27N/c1-13(15-10-6-3-7-11-15)16-12-14-8-4-2-5-9-14/h12-15H,2-11H2,1H3. The molecule has 1 atom stereocenters. The summed E-state index contributed by atoms with van der Waals surface area (Å²) in [4.78, 5) is 4.85. The van der Waals surface area contributed by atoms with E-state index >= 15 is 0 Å². The fourth-order valence-electron chi connectivity index (χ4n) is 3.28. The van der Waals surface area contributed by atoms with Crippen molar-refractivity contribution in [2.75, 3.05) is 0 Å². The van der Waals surface area contributed by atoms with E-state index in [9.17, 15) is 0 Å². The van der Waals surface area contributed by atoms with Gasteiger partial charge in [0.2, 0.25) is 0 Å². The SMILES string of the molecule is CC(N=CC1CCCCC1)C1CCCCC1. The average Bonchev–Trinajstić information content (AvgIpc) is 2.38. The van der Waals surface area contributed by atoms with Crippen LogP contribution in [0.15, 0.2) is 4.99 Å². The highest BCUT2D eigenvalue weighted by Gasteiger charge is 2.19. The first kappa shape index (κ1) is 12.1. The zero-order valence-electron chi connectivity index (χ0n) is 10.8. The van der Waals surface area contributed by atoms with Gasteiger partial charge in [-0.2, -0.15) is 0 Å². The maximum Gasteiger partial charge on any atom is 0.0495 e. The minimum Gasteiger partial charge on any atom is -0.294 e. The molecular weight excluding hydrogens is 194 g/mol. The lowest BCUT2D eigenvalue weighted by Crippen LogP contribution is -2.19. The Morgan fingerprint density at radius 3 is 2.06 bits per heavy atom. The van der Waals surface area contributed by atoms with E-state index in [4.69, 9.17) is 4.99 Å². The Morgan fingerprint density at radius 1 is 0.875 bits per heavy atom. The molecule has 0 spiro atoms. The summed E-state index contributed by atoms with van der Waals surface area (Å²) < 4.78 is 0. The van der Waals surface area contributed by atoms with Gasteiger partial charge in [-0.15, -0.1) is 0 Å². The Morgan fingerprint density at radius 2 is 1.44 bits per heavy atom. The van der Waals surface area contributed by atoms with E-state index in [1.165, 1.54) is 64.2 Å². The molecular formula is C15H27N. The van der Waals surface area contributed by atoms with Gasteiger partial charge in [-0.3, -0.25) is 4.99 Å². The maximum atomic E-state index is 4.85. The highest BCUT2D eigenvalue weighted by Crippen LogP contribution is 2.28. The van der Waals surface area contributed by atoms with Crippen molar-refractivity contribution in [2.45, 2.75) is 77.2 Å². The van der Waals surface area contributed by atoms with Gasteiger partial charge in [-0.25, -0.2) is 0 Å². The summed E-state index contributed by atoms with van der Waals surface area (Å²) >= 11 is 0. The molecule has 2 saturated carbocycles. The zero-order valence-corrected chi connectivity index (χ0v) is 10.8. The van der Waals surface area contributed by atoms with E-state index in [2.05, 4.69) is 13.1 Å². The fraction of sp³-hybridized carbons (Fsp3) is 0.933. The van der Waals surface area contributed by atoms with Crippen LogP contribution in [-0.4, -0.2) is 12.3 Å². The third-order valence-electron chi connectivity index (χ3n) is 4.51. The number of rotatable bonds is 3. The largest absolute Gasteiger partial charge is 0.294 e. The lowest BCUT2D eigenvalue weighted by Gasteiger charge is -2.25. The molecule has 0 bridgehead atoms. The molecule has 0 aromatic carbocycles. The molecule has 0 amide bonds. The minimum absolute atomic E-state index is 0.585. The molecule has 0 radical (unpaired) electrons. The van der Waals surface area contributed by atoms with E-state index in [1.807, 2.05) is 0 Å². The van der Waals surface area contributed by atoms with Crippen LogP contribution >= 0.6 is 0 Å². The molecule has 2 fully saturated rings. The Bertz CT molecular complexity index is 209. The molecule has 0 aromatic rings. The predicted octanol–water partition coefficient (Wildman–Crippen LogP) is 4.61. The first-order chi connectivity index (χ1) is 7.86. The van der Waals surface area contributed by atoms with Crippen molar-refractivity contribution in [2.24, 2.45) is 16.8 Å². The maximum absolute atomic E-state index is 4.85. The van der Waals surface area contributed by atoms with Gasteiger partial charge < -0.3 is 0 Å². The zero-order chi connectivity index (χ0) is 11.2. The van der Waals surface area contributed by atoms with Crippen LogP contribution < -0.4 is 0 Å². The molecule has 16 heavy (non-hydrogen) atoms. The van der Waals surface area contributed by atoms with Gasteiger partial charge in [-0.1, -0.05) is 38.5 Å². The Hall–Kier alpha value is -0.330. The van der Waals surface area contributed by atoms with Crippen LogP contribution in [0.5, 0.6) is 0 Å². The van der Waals surface area contributed by atoms with E-state index in [0.717, 1.165) is 11.8 Å². The van der Waals surface area contributed by atoms with Gasteiger partial charge in [0.05, 0.1) is 0 Å². The normalized spacial score (nSPS) is 27.3. The molecule has 0 heterocycles.